The van der Waals surface area contributed by atoms with Crippen molar-refractivity contribution in [2.75, 3.05) is 6.54 Å². The fraction of sp³-hybridized carbons (Fsp3) is 0.500. The standard InChI is InChI=1S/C12H18F2N2O2S/c1-8(2)12(3,7-15)16-19(17,18)9-4-5-10(13)11(14)6-9/h4-6,8,16H,7,15H2,1-3H3. The Morgan fingerprint density at radius 2 is 1.89 bits per heavy atom. The third-order valence-electron chi connectivity index (χ3n) is 3.27. The van der Waals surface area contributed by atoms with E-state index < -0.39 is 27.2 Å². The topological polar surface area (TPSA) is 72.2 Å². The molecule has 1 aromatic rings. The molecule has 0 radical (unpaired) electrons. The molecule has 0 bridgehead atoms. The molecular formula is C12H18F2N2O2S. The van der Waals surface area contributed by atoms with Crippen LogP contribution < -0.4 is 10.5 Å². The molecule has 0 fully saturated rings. The molecule has 0 saturated heterocycles. The van der Waals surface area contributed by atoms with Gasteiger partial charge in [0.1, 0.15) is 0 Å². The van der Waals surface area contributed by atoms with Gasteiger partial charge in [0, 0.05) is 12.1 Å². The lowest BCUT2D eigenvalue weighted by molar-refractivity contribution is 0.315. The lowest BCUT2D eigenvalue weighted by Crippen LogP contribution is -2.54. The van der Waals surface area contributed by atoms with Crippen molar-refractivity contribution in [1.29, 1.82) is 0 Å². The van der Waals surface area contributed by atoms with Gasteiger partial charge in [0.05, 0.1) is 4.90 Å². The zero-order chi connectivity index (χ0) is 14.8. The highest BCUT2D eigenvalue weighted by atomic mass is 32.2. The summed E-state index contributed by atoms with van der Waals surface area (Å²) in [6.07, 6.45) is 0. The molecule has 7 heteroatoms. The predicted octanol–water partition coefficient (Wildman–Crippen LogP) is 1.62. The van der Waals surface area contributed by atoms with E-state index in [9.17, 15) is 17.2 Å². The van der Waals surface area contributed by atoms with Gasteiger partial charge in [0.15, 0.2) is 11.6 Å². The second kappa shape index (κ2) is 5.52. The van der Waals surface area contributed by atoms with Crippen LogP contribution in [-0.2, 0) is 10.0 Å². The minimum atomic E-state index is -3.95. The molecule has 0 aliphatic rings. The number of nitrogens with two attached hydrogens (primary N) is 1. The minimum absolute atomic E-state index is 0.0578. The number of nitrogens with one attached hydrogen (secondary N) is 1. The van der Waals surface area contributed by atoms with Gasteiger partial charge >= 0.3 is 0 Å². The molecule has 0 aliphatic carbocycles. The maximum atomic E-state index is 13.1. The molecule has 1 atom stereocenters. The van der Waals surface area contributed by atoms with Crippen LogP contribution in [-0.4, -0.2) is 20.5 Å². The van der Waals surface area contributed by atoms with E-state index in [1.165, 1.54) is 0 Å². The highest BCUT2D eigenvalue weighted by Gasteiger charge is 2.32. The molecule has 0 aliphatic heterocycles. The molecule has 3 N–H and O–H groups in total. The van der Waals surface area contributed by atoms with Crippen molar-refractivity contribution < 1.29 is 17.2 Å². The molecule has 0 heterocycles. The third kappa shape index (κ3) is 3.49. The molecule has 4 nitrogen and oxygen atoms in total. The summed E-state index contributed by atoms with van der Waals surface area (Å²) in [5, 5.41) is 0. The second-order valence-corrected chi connectivity index (χ2v) is 6.64. The van der Waals surface area contributed by atoms with Crippen LogP contribution in [0.1, 0.15) is 20.8 Å². The second-order valence-electron chi connectivity index (χ2n) is 4.96. The average Bonchev–Trinajstić information content (AvgIpc) is 2.31. The Kier molecular flexibility index (Phi) is 4.65. The van der Waals surface area contributed by atoms with Crippen LogP contribution in [0, 0.1) is 17.6 Å². The fourth-order valence-corrected chi connectivity index (χ4v) is 2.96. The zero-order valence-electron chi connectivity index (χ0n) is 11.1. The normalized spacial score (nSPS) is 15.5. The highest BCUT2D eigenvalue weighted by molar-refractivity contribution is 7.89. The summed E-state index contributed by atoms with van der Waals surface area (Å²) in [6.45, 7) is 5.39. The Hall–Kier alpha value is -1.05. The molecule has 1 rings (SSSR count). The molecule has 0 aromatic heterocycles. The summed E-state index contributed by atoms with van der Waals surface area (Å²) < 4.78 is 52.6. The van der Waals surface area contributed by atoms with Crippen molar-refractivity contribution in [2.24, 2.45) is 11.7 Å². The number of hydrogen-bond acceptors (Lipinski definition) is 3. The first kappa shape index (κ1) is 16.0. The molecule has 0 amide bonds. The Morgan fingerprint density at radius 3 is 2.32 bits per heavy atom. The maximum Gasteiger partial charge on any atom is 0.241 e. The quantitative estimate of drug-likeness (QED) is 0.866. The summed E-state index contributed by atoms with van der Waals surface area (Å²) in [4.78, 5) is -0.327. The number of benzene rings is 1. The maximum absolute atomic E-state index is 13.1. The number of sulfonamides is 1. The van der Waals surface area contributed by atoms with E-state index in [2.05, 4.69) is 4.72 Å². The van der Waals surface area contributed by atoms with Crippen molar-refractivity contribution >= 4 is 10.0 Å². The van der Waals surface area contributed by atoms with Crippen LogP contribution in [0.3, 0.4) is 0 Å². The number of hydrogen-bond donors (Lipinski definition) is 2. The molecule has 0 spiro atoms. The largest absolute Gasteiger partial charge is 0.329 e. The van der Waals surface area contributed by atoms with Gasteiger partial charge in [-0.15, -0.1) is 0 Å². The smallest absolute Gasteiger partial charge is 0.241 e. The fourth-order valence-electron chi connectivity index (χ4n) is 1.41. The summed E-state index contributed by atoms with van der Waals surface area (Å²) in [6, 6.07) is 2.44. The first-order chi connectivity index (χ1) is 8.62. The van der Waals surface area contributed by atoms with E-state index in [4.69, 9.17) is 5.73 Å². The van der Waals surface area contributed by atoms with Crippen molar-refractivity contribution in [3.05, 3.63) is 29.8 Å². The van der Waals surface area contributed by atoms with Crippen molar-refractivity contribution in [1.82, 2.24) is 4.72 Å². The van der Waals surface area contributed by atoms with Gasteiger partial charge < -0.3 is 5.73 Å². The van der Waals surface area contributed by atoms with E-state index in [-0.39, 0.29) is 17.4 Å². The van der Waals surface area contributed by atoms with Gasteiger partial charge in [-0.1, -0.05) is 13.8 Å². The Labute approximate surface area is 112 Å². The third-order valence-corrected chi connectivity index (χ3v) is 4.88. The van der Waals surface area contributed by atoms with Gasteiger partial charge in [-0.2, -0.15) is 0 Å². The Bertz CT molecular complexity index is 561. The van der Waals surface area contributed by atoms with E-state index in [1.54, 1.807) is 6.92 Å². The molecule has 19 heavy (non-hydrogen) atoms. The van der Waals surface area contributed by atoms with Crippen molar-refractivity contribution in [3.8, 4) is 0 Å². The molecule has 108 valence electrons. The van der Waals surface area contributed by atoms with E-state index in [0.29, 0.717) is 6.07 Å². The predicted molar refractivity (Wildman–Crippen MR) is 69.0 cm³/mol. The van der Waals surface area contributed by atoms with Crippen molar-refractivity contribution in [2.45, 2.75) is 31.2 Å². The summed E-state index contributed by atoms with van der Waals surface area (Å²) in [5.41, 5.74) is 4.73. The monoisotopic (exact) mass is 292 g/mol. The zero-order valence-corrected chi connectivity index (χ0v) is 11.9. The lowest BCUT2D eigenvalue weighted by Gasteiger charge is -2.33. The van der Waals surface area contributed by atoms with Gasteiger partial charge in [-0.3, -0.25) is 0 Å². The molecule has 1 unspecified atom stereocenters. The van der Waals surface area contributed by atoms with Crippen LogP contribution in [0.15, 0.2) is 23.1 Å². The first-order valence-electron chi connectivity index (χ1n) is 5.81. The van der Waals surface area contributed by atoms with Gasteiger partial charge in [0.2, 0.25) is 10.0 Å². The summed E-state index contributed by atoms with van der Waals surface area (Å²) in [5.74, 6) is -2.36. The van der Waals surface area contributed by atoms with Gasteiger partial charge in [0.25, 0.3) is 0 Å². The number of halogens is 2. The lowest BCUT2D eigenvalue weighted by atomic mass is 9.90. The van der Waals surface area contributed by atoms with E-state index in [0.717, 1.165) is 12.1 Å². The summed E-state index contributed by atoms with van der Waals surface area (Å²) in [7, 11) is -3.95. The van der Waals surface area contributed by atoms with Crippen LogP contribution >= 0.6 is 0 Å². The van der Waals surface area contributed by atoms with Gasteiger partial charge in [-0.25, -0.2) is 21.9 Å². The van der Waals surface area contributed by atoms with Gasteiger partial charge in [-0.05, 0) is 31.0 Å². The molecular weight excluding hydrogens is 274 g/mol. The summed E-state index contributed by atoms with van der Waals surface area (Å²) >= 11 is 0. The SMILES string of the molecule is CC(C)C(C)(CN)NS(=O)(=O)c1ccc(F)c(F)c1. The first-order valence-corrected chi connectivity index (χ1v) is 7.30. The van der Waals surface area contributed by atoms with E-state index in [1.807, 2.05) is 13.8 Å². The van der Waals surface area contributed by atoms with Crippen LogP contribution in [0.5, 0.6) is 0 Å². The van der Waals surface area contributed by atoms with E-state index >= 15 is 0 Å². The average molecular weight is 292 g/mol. The molecule has 0 saturated carbocycles. The van der Waals surface area contributed by atoms with Crippen LogP contribution in [0.2, 0.25) is 0 Å². The number of rotatable bonds is 5. The van der Waals surface area contributed by atoms with Crippen molar-refractivity contribution in [3.63, 3.8) is 0 Å². The Balaban J connectivity index is 3.14. The highest BCUT2D eigenvalue weighted by Crippen LogP contribution is 2.20. The molecule has 1 aromatic carbocycles. The minimum Gasteiger partial charge on any atom is -0.329 e. The van der Waals surface area contributed by atoms with Crippen LogP contribution in [0.4, 0.5) is 8.78 Å². The Morgan fingerprint density at radius 1 is 1.32 bits per heavy atom. The van der Waals surface area contributed by atoms with Crippen LogP contribution in [0.25, 0.3) is 0 Å².